The molecule has 0 bridgehead atoms. The van der Waals surface area contributed by atoms with Gasteiger partial charge < -0.3 is 11.1 Å². The Morgan fingerprint density at radius 3 is 2.63 bits per heavy atom. The molecule has 2 rings (SSSR count). The Morgan fingerprint density at radius 1 is 1.26 bits per heavy atom. The lowest BCUT2D eigenvalue weighted by atomic mass is 9.81. The summed E-state index contributed by atoms with van der Waals surface area (Å²) in [6.07, 6.45) is 6.61. The van der Waals surface area contributed by atoms with Crippen LogP contribution in [0.1, 0.15) is 52.4 Å². The molecule has 0 aromatic rings. The second-order valence-electron chi connectivity index (χ2n) is 6.16. The van der Waals surface area contributed by atoms with Crippen LogP contribution in [0.25, 0.3) is 0 Å². The predicted molar refractivity (Wildman–Crippen MR) is 77.8 cm³/mol. The molecule has 2 saturated heterocycles. The number of carbonyl (C=O) groups excluding carboxylic acids is 1. The standard InChI is InChI=1S/C15H29N3O/c1-3-15(4-2,11-16)14(19)17-12-8-10-18-9-6-5-7-13(12)18/h12-13H,3-11,16H2,1-2H3,(H,17,19). The molecule has 1 amide bonds. The summed E-state index contributed by atoms with van der Waals surface area (Å²) in [6, 6.07) is 0.915. The Labute approximate surface area is 117 Å². The van der Waals surface area contributed by atoms with E-state index in [2.05, 4.69) is 24.1 Å². The molecule has 0 saturated carbocycles. The smallest absolute Gasteiger partial charge is 0.227 e. The predicted octanol–water partition coefficient (Wildman–Crippen LogP) is 1.49. The van der Waals surface area contributed by atoms with E-state index in [9.17, 15) is 4.79 Å². The number of rotatable bonds is 5. The van der Waals surface area contributed by atoms with Crippen molar-refractivity contribution in [3.05, 3.63) is 0 Å². The van der Waals surface area contributed by atoms with E-state index in [1.54, 1.807) is 0 Å². The molecule has 0 spiro atoms. The highest BCUT2D eigenvalue weighted by Crippen LogP contribution is 2.30. The van der Waals surface area contributed by atoms with E-state index in [4.69, 9.17) is 5.73 Å². The fourth-order valence-electron chi connectivity index (χ4n) is 3.69. The zero-order valence-electron chi connectivity index (χ0n) is 12.5. The molecular formula is C15H29N3O. The van der Waals surface area contributed by atoms with Crippen molar-refractivity contribution < 1.29 is 4.79 Å². The molecule has 2 aliphatic rings. The number of nitrogens with zero attached hydrogens (tertiary/aromatic N) is 1. The number of amides is 1. The summed E-state index contributed by atoms with van der Waals surface area (Å²) in [6.45, 7) is 6.94. The Hall–Kier alpha value is -0.610. The minimum Gasteiger partial charge on any atom is -0.351 e. The van der Waals surface area contributed by atoms with Gasteiger partial charge in [-0.3, -0.25) is 9.69 Å². The van der Waals surface area contributed by atoms with Gasteiger partial charge in [0, 0.05) is 25.2 Å². The number of nitrogens with one attached hydrogen (secondary N) is 1. The summed E-state index contributed by atoms with van der Waals surface area (Å²) in [5.41, 5.74) is 5.51. The monoisotopic (exact) mass is 267 g/mol. The van der Waals surface area contributed by atoms with Crippen LogP contribution in [0.5, 0.6) is 0 Å². The lowest BCUT2D eigenvalue weighted by molar-refractivity contribution is -0.132. The van der Waals surface area contributed by atoms with Gasteiger partial charge in [-0.25, -0.2) is 0 Å². The van der Waals surface area contributed by atoms with Gasteiger partial charge in [-0.05, 0) is 38.6 Å². The van der Waals surface area contributed by atoms with Crippen LogP contribution in [0.4, 0.5) is 0 Å². The van der Waals surface area contributed by atoms with E-state index in [0.29, 0.717) is 18.6 Å². The Balaban J connectivity index is 1.98. The third-order valence-corrected chi connectivity index (χ3v) is 5.40. The molecule has 2 fully saturated rings. The first-order chi connectivity index (χ1) is 9.16. The molecule has 3 N–H and O–H groups in total. The maximum Gasteiger partial charge on any atom is 0.227 e. The SMILES string of the molecule is CCC(CC)(CN)C(=O)NC1CCN2CCCCC12. The van der Waals surface area contributed by atoms with Crippen molar-refractivity contribution in [3.8, 4) is 0 Å². The number of carbonyl (C=O) groups is 1. The summed E-state index contributed by atoms with van der Waals surface area (Å²) in [4.78, 5) is 15.1. The number of hydrogen-bond donors (Lipinski definition) is 2. The van der Waals surface area contributed by atoms with E-state index in [0.717, 1.165) is 25.8 Å². The molecule has 4 nitrogen and oxygen atoms in total. The van der Waals surface area contributed by atoms with Crippen molar-refractivity contribution >= 4 is 5.91 Å². The second kappa shape index (κ2) is 6.23. The zero-order chi connectivity index (χ0) is 13.9. The fourth-order valence-corrected chi connectivity index (χ4v) is 3.69. The van der Waals surface area contributed by atoms with Gasteiger partial charge in [0.05, 0.1) is 5.41 Å². The van der Waals surface area contributed by atoms with Crippen LogP contribution in [0.3, 0.4) is 0 Å². The number of hydrogen-bond acceptors (Lipinski definition) is 3. The third kappa shape index (κ3) is 2.79. The topological polar surface area (TPSA) is 58.4 Å². The summed E-state index contributed by atoms with van der Waals surface area (Å²) < 4.78 is 0. The number of fused-ring (bicyclic) bond motifs is 1. The van der Waals surface area contributed by atoms with Gasteiger partial charge in [-0.1, -0.05) is 20.3 Å². The average molecular weight is 267 g/mol. The molecule has 19 heavy (non-hydrogen) atoms. The van der Waals surface area contributed by atoms with E-state index in [1.165, 1.54) is 25.8 Å². The van der Waals surface area contributed by atoms with Crippen LogP contribution < -0.4 is 11.1 Å². The molecule has 0 aromatic carbocycles. The van der Waals surface area contributed by atoms with E-state index in [-0.39, 0.29) is 11.3 Å². The first-order valence-electron chi connectivity index (χ1n) is 7.92. The van der Waals surface area contributed by atoms with Crippen molar-refractivity contribution in [2.24, 2.45) is 11.1 Å². The first-order valence-corrected chi connectivity index (χ1v) is 7.92. The summed E-state index contributed by atoms with van der Waals surface area (Å²) >= 11 is 0. The number of nitrogens with two attached hydrogens (primary N) is 1. The van der Waals surface area contributed by atoms with Gasteiger partial charge in [0.25, 0.3) is 0 Å². The molecule has 4 heteroatoms. The van der Waals surface area contributed by atoms with Gasteiger partial charge in [0.2, 0.25) is 5.91 Å². The average Bonchev–Trinajstić information content (AvgIpc) is 2.85. The molecule has 110 valence electrons. The highest BCUT2D eigenvalue weighted by molar-refractivity contribution is 5.83. The number of piperidine rings is 1. The summed E-state index contributed by atoms with van der Waals surface area (Å²) in [5.74, 6) is 0.178. The van der Waals surface area contributed by atoms with Crippen molar-refractivity contribution in [2.75, 3.05) is 19.6 Å². The maximum atomic E-state index is 12.6. The van der Waals surface area contributed by atoms with Gasteiger partial charge in [-0.2, -0.15) is 0 Å². The van der Waals surface area contributed by atoms with Crippen LogP contribution in [0.15, 0.2) is 0 Å². The largest absolute Gasteiger partial charge is 0.351 e. The van der Waals surface area contributed by atoms with Crippen LogP contribution in [0, 0.1) is 5.41 Å². The Morgan fingerprint density at radius 2 is 2.00 bits per heavy atom. The van der Waals surface area contributed by atoms with Crippen molar-refractivity contribution in [1.29, 1.82) is 0 Å². The summed E-state index contributed by atoms with van der Waals surface area (Å²) in [5, 5.41) is 3.31. The van der Waals surface area contributed by atoms with Crippen molar-refractivity contribution in [1.82, 2.24) is 10.2 Å². The zero-order valence-corrected chi connectivity index (χ0v) is 12.5. The quantitative estimate of drug-likeness (QED) is 0.793. The lowest BCUT2D eigenvalue weighted by Crippen LogP contribution is -2.53. The minimum atomic E-state index is -0.359. The molecular weight excluding hydrogens is 238 g/mol. The maximum absolute atomic E-state index is 12.6. The van der Waals surface area contributed by atoms with Crippen molar-refractivity contribution in [2.45, 2.75) is 64.5 Å². The highest BCUT2D eigenvalue weighted by atomic mass is 16.2. The van der Waals surface area contributed by atoms with Gasteiger partial charge in [0.1, 0.15) is 0 Å². The van der Waals surface area contributed by atoms with Crippen molar-refractivity contribution in [3.63, 3.8) is 0 Å². The van der Waals surface area contributed by atoms with E-state index < -0.39 is 0 Å². The molecule has 0 aromatic heterocycles. The molecule has 2 atom stereocenters. The second-order valence-corrected chi connectivity index (χ2v) is 6.16. The normalized spacial score (nSPS) is 28.2. The Bertz CT molecular complexity index is 306. The Kier molecular flexibility index (Phi) is 4.85. The third-order valence-electron chi connectivity index (χ3n) is 5.40. The van der Waals surface area contributed by atoms with Crippen LogP contribution in [0.2, 0.25) is 0 Å². The molecule has 2 unspecified atom stereocenters. The van der Waals surface area contributed by atoms with Crippen LogP contribution in [-0.2, 0) is 4.79 Å². The van der Waals surface area contributed by atoms with Crippen LogP contribution in [-0.4, -0.2) is 42.5 Å². The van der Waals surface area contributed by atoms with Gasteiger partial charge >= 0.3 is 0 Å². The molecule has 0 aliphatic carbocycles. The molecule has 2 aliphatic heterocycles. The summed E-state index contributed by atoms with van der Waals surface area (Å²) in [7, 11) is 0. The van der Waals surface area contributed by atoms with E-state index in [1.807, 2.05) is 0 Å². The first kappa shape index (κ1) is 14.8. The van der Waals surface area contributed by atoms with Gasteiger partial charge in [-0.15, -0.1) is 0 Å². The minimum absolute atomic E-state index is 0.178. The van der Waals surface area contributed by atoms with Crippen LogP contribution >= 0.6 is 0 Å². The fraction of sp³-hybridized carbons (Fsp3) is 0.933. The highest BCUT2D eigenvalue weighted by Gasteiger charge is 2.40. The molecule has 0 radical (unpaired) electrons. The van der Waals surface area contributed by atoms with Gasteiger partial charge in [0.15, 0.2) is 0 Å². The lowest BCUT2D eigenvalue weighted by Gasteiger charge is -2.35. The van der Waals surface area contributed by atoms with E-state index >= 15 is 0 Å². The molecule has 2 heterocycles.